The molecule has 1 saturated carbocycles. The van der Waals surface area contributed by atoms with Crippen LogP contribution in [-0.4, -0.2) is 6.04 Å². The van der Waals surface area contributed by atoms with Gasteiger partial charge < -0.3 is 0 Å². The van der Waals surface area contributed by atoms with Crippen molar-refractivity contribution < 1.29 is 0 Å². The Morgan fingerprint density at radius 3 is 2.69 bits per heavy atom. The lowest BCUT2D eigenvalue weighted by molar-refractivity contribution is 0.259. The lowest BCUT2D eigenvalue weighted by atomic mass is 9.80. The van der Waals surface area contributed by atoms with Crippen molar-refractivity contribution in [2.24, 2.45) is 11.8 Å². The Morgan fingerprint density at radius 1 is 1.62 bits per heavy atom. The van der Waals surface area contributed by atoms with Crippen molar-refractivity contribution in [3.05, 3.63) is 12.2 Å². The van der Waals surface area contributed by atoms with Gasteiger partial charge in [-0.15, -0.1) is 0 Å². The molecule has 0 aromatic rings. The smallest absolute Gasteiger partial charge is 0.0250 e. The minimum absolute atomic E-state index is 0.456. The van der Waals surface area contributed by atoms with Gasteiger partial charge >= 0.3 is 0 Å². The quantitative estimate of drug-likeness (QED) is 0.376. The molecule has 0 aliphatic heterocycles. The summed E-state index contributed by atoms with van der Waals surface area (Å²) in [6.45, 7) is 6.17. The highest BCUT2D eigenvalue weighted by atomic mass is 15.2. The van der Waals surface area contributed by atoms with E-state index < -0.39 is 0 Å². The van der Waals surface area contributed by atoms with Gasteiger partial charge in [-0.2, -0.15) is 0 Å². The summed E-state index contributed by atoms with van der Waals surface area (Å²) in [4.78, 5) is 0. The van der Waals surface area contributed by atoms with E-state index in [1.165, 1.54) is 31.3 Å². The molecule has 0 saturated heterocycles. The third-order valence-electron chi connectivity index (χ3n) is 3.11. The summed E-state index contributed by atoms with van der Waals surface area (Å²) in [5.74, 6) is 6.43. The first-order valence-electron chi connectivity index (χ1n) is 5.39. The van der Waals surface area contributed by atoms with E-state index in [-0.39, 0.29) is 0 Å². The van der Waals surface area contributed by atoms with Crippen molar-refractivity contribution in [1.82, 2.24) is 5.43 Å². The molecular weight excluding hydrogens is 160 g/mol. The number of hydrazine groups is 1. The van der Waals surface area contributed by atoms with Crippen LogP contribution in [0.1, 0.15) is 45.4 Å². The Labute approximate surface area is 81.6 Å². The van der Waals surface area contributed by atoms with Gasteiger partial charge in [0.25, 0.3) is 0 Å². The van der Waals surface area contributed by atoms with Gasteiger partial charge in [-0.25, -0.2) is 0 Å². The maximum absolute atomic E-state index is 5.51. The summed E-state index contributed by atoms with van der Waals surface area (Å²) in [5, 5.41) is 0. The first kappa shape index (κ1) is 10.7. The average Bonchev–Trinajstić information content (AvgIpc) is 2.08. The zero-order valence-electron chi connectivity index (χ0n) is 8.68. The first-order chi connectivity index (χ1) is 6.26. The molecule has 0 spiro atoms. The second kappa shape index (κ2) is 5.40. The highest BCUT2D eigenvalue weighted by Crippen LogP contribution is 2.31. The van der Waals surface area contributed by atoms with Crippen molar-refractivity contribution in [2.75, 3.05) is 0 Å². The third kappa shape index (κ3) is 3.49. The van der Waals surface area contributed by atoms with E-state index in [1.54, 1.807) is 0 Å². The van der Waals surface area contributed by atoms with E-state index in [4.69, 9.17) is 5.84 Å². The zero-order chi connectivity index (χ0) is 9.68. The van der Waals surface area contributed by atoms with Gasteiger partial charge in [-0.3, -0.25) is 11.3 Å². The van der Waals surface area contributed by atoms with Crippen molar-refractivity contribution in [2.45, 2.75) is 51.5 Å². The van der Waals surface area contributed by atoms with Crippen LogP contribution in [0.4, 0.5) is 0 Å². The van der Waals surface area contributed by atoms with Crippen LogP contribution in [0.3, 0.4) is 0 Å². The summed E-state index contributed by atoms with van der Waals surface area (Å²) in [6.07, 6.45) is 7.56. The van der Waals surface area contributed by atoms with Crippen LogP contribution in [0, 0.1) is 5.92 Å². The van der Waals surface area contributed by atoms with Crippen molar-refractivity contribution >= 4 is 0 Å². The van der Waals surface area contributed by atoms with Gasteiger partial charge in [0.05, 0.1) is 0 Å². The Hall–Kier alpha value is -0.340. The largest absolute Gasteiger partial charge is 0.271 e. The van der Waals surface area contributed by atoms with Crippen molar-refractivity contribution in [3.63, 3.8) is 0 Å². The fourth-order valence-electron chi connectivity index (χ4n) is 1.83. The minimum Gasteiger partial charge on any atom is -0.271 e. The zero-order valence-corrected chi connectivity index (χ0v) is 8.68. The third-order valence-corrected chi connectivity index (χ3v) is 3.11. The minimum atomic E-state index is 0.456. The van der Waals surface area contributed by atoms with E-state index in [2.05, 4.69) is 18.9 Å². The van der Waals surface area contributed by atoms with Gasteiger partial charge in [0.1, 0.15) is 0 Å². The van der Waals surface area contributed by atoms with E-state index in [1.807, 2.05) is 0 Å². The molecule has 0 amide bonds. The van der Waals surface area contributed by atoms with Gasteiger partial charge in [0.15, 0.2) is 0 Å². The molecule has 3 N–H and O–H groups in total. The molecule has 0 aromatic carbocycles. The number of rotatable bonds is 6. The van der Waals surface area contributed by atoms with E-state index in [0.717, 1.165) is 18.8 Å². The first-order valence-corrected chi connectivity index (χ1v) is 5.39. The highest BCUT2D eigenvalue weighted by Gasteiger charge is 2.21. The van der Waals surface area contributed by atoms with Crippen LogP contribution in [0.2, 0.25) is 0 Å². The predicted octanol–water partition coefficient (Wildman–Crippen LogP) is 2.36. The Balaban J connectivity index is 2.20. The molecule has 0 bridgehead atoms. The van der Waals surface area contributed by atoms with Crippen molar-refractivity contribution in [3.8, 4) is 0 Å². The standard InChI is InChI=1S/C11H22N2/c1-3-9(2)7-11(13-12)8-10-5-4-6-10/h10-11,13H,2-8,12H2,1H3. The molecule has 76 valence electrons. The summed E-state index contributed by atoms with van der Waals surface area (Å²) >= 11 is 0. The molecular formula is C11H22N2. The monoisotopic (exact) mass is 182 g/mol. The second-order valence-corrected chi connectivity index (χ2v) is 4.20. The molecule has 1 aliphatic carbocycles. The molecule has 2 heteroatoms. The topological polar surface area (TPSA) is 38.0 Å². The van der Waals surface area contributed by atoms with E-state index in [9.17, 15) is 0 Å². The molecule has 1 unspecified atom stereocenters. The Bertz CT molecular complexity index is 161. The lowest BCUT2D eigenvalue weighted by Gasteiger charge is -2.29. The molecule has 1 aliphatic rings. The van der Waals surface area contributed by atoms with Crippen LogP contribution < -0.4 is 11.3 Å². The number of nitrogens with one attached hydrogen (secondary N) is 1. The Kier molecular flexibility index (Phi) is 4.46. The van der Waals surface area contributed by atoms with Crippen LogP contribution in [0.25, 0.3) is 0 Å². The maximum atomic E-state index is 5.51. The molecule has 0 heterocycles. The summed E-state index contributed by atoms with van der Waals surface area (Å²) < 4.78 is 0. The molecule has 1 atom stereocenters. The van der Waals surface area contributed by atoms with Gasteiger partial charge in [-0.05, 0) is 25.2 Å². The lowest BCUT2D eigenvalue weighted by Crippen LogP contribution is -2.37. The number of hydrogen-bond acceptors (Lipinski definition) is 2. The number of hydrogen-bond donors (Lipinski definition) is 2. The average molecular weight is 182 g/mol. The van der Waals surface area contributed by atoms with Crippen LogP contribution in [-0.2, 0) is 0 Å². The maximum Gasteiger partial charge on any atom is 0.0250 e. The summed E-state index contributed by atoms with van der Waals surface area (Å²) in [5.41, 5.74) is 4.21. The Morgan fingerprint density at radius 2 is 2.31 bits per heavy atom. The summed E-state index contributed by atoms with van der Waals surface area (Å²) in [6, 6.07) is 0.456. The molecule has 1 rings (SSSR count). The van der Waals surface area contributed by atoms with E-state index >= 15 is 0 Å². The van der Waals surface area contributed by atoms with Gasteiger partial charge in [0.2, 0.25) is 0 Å². The normalized spacial score (nSPS) is 19.5. The molecule has 0 radical (unpaired) electrons. The summed E-state index contributed by atoms with van der Waals surface area (Å²) in [7, 11) is 0. The van der Waals surface area contributed by atoms with Crippen LogP contribution >= 0.6 is 0 Å². The van der Waals surface area contributed by atoms with Crippen LogP contribution in [0.5, 0.6) is 0 Å². The van der Waals surface area contributed by atoms with E-state index in [0.29, 0.717) is 6.04 Å². The fourth-order valence-corrected chi connectivity index (χ4v) is 1.83. The predicted molar refractivity (Wildman–Crippen MR) is 57.1 cm³/mol. The van der Waals surface area contributed by atoms with Crippen molar-refractivity contribution in [1.29, 1.82) is 0 Å². The molecule has 0 aromatic heterocycles. The molecule has 13 heavy (non-hydrogen) atoms. The van der Waals surface area contributed by atoms with Gasteiger partial charge in [0, 0.05) is 6.04 Å². The highest BCUT2D eigenvalue weighted by molar-refractivity contribution is 4.96. The molecule has 2 nitrogen and oxygen atoms in total. The fraction of sp³-hybridized carbons (Fsp3) is 0.818. The SMILES string of the molecule is C=C(CC)CC(CC1CCC1)NN. The molecule has 1 fully saturated rings. The van der Waals surface area contributed by atoms with Crippen LogP contribution in [0.15, 0.2) is 12.2 Å². The van der Waals surface area contributed by atoms with Gasteiger partial charge in [-0.1, -0.05) is 38.3 Å². The number of nitrogens with two attached hydrogens (primary N) is 1. The second-order valence-electron chi connectivity index (χ2n) is 4.20.